The molecule has 1 aliphatic carbocycles. The average Bonchev–Trinajstić information content (AvgIpc) is 3.91. The number of aliphatic imine (C=N–C) groups is 2. The summed E-state index contributed by atoms with van der Waals surface area (Å²) < 4.78 is 9.39. The van der Waals surface area contributed by atoms with Gasteiger partial charge in [-0.05, 0) is 116 Å². The molecule has 1 aliphatic heterocycles. The van der Waals surface area contributed by atoms with Crippen LogP contribution >= 0.6 is 11.3 Å². The van der Waals surface area contributed by atoms with Crippen LogP contribution in [0.3, 0.4) is 0 Å². The van der Waals surface area contributed by atoms with Gasteiger partial charge in [0.2, 0.25) is 0 Å². The van der Waals surface area contributed by atoms with Crippen LogP contribution in [0.25, 0.3) is 91.3 Å². The van der Waals surface area contributed by atoms with Crippen molar-refractivity contribution in [2.24, 2.45) is 15.9 Å². The molecule has 14 rings (SSSR count). The molecule has 0 N–H and O–H groups in total. The van der Waals surface area contributed by atoms with Gasteiger partial charge in [-0.3, -0.25) is 0 Å². The molecule has 2 unspecified atom stereocenters. The number of thiophene rings is 1. The first-order valence-corrected chi connectivity index (χ1v) is 24.7. The van der Waals surface area contributed by atoms with E-state index >= 15 is 0 Å². The fraction of sp³-hybridized carbons (Fsp3) is 0.0938. The summed E-state index contributed by atoms with van der Waals surface area (Å²) in [5, 5.41) is 12.2. The molecule has 2 atom stereocenters. The van der Waals surface area contributed by atoms with Gasteiger partial charge in [0.15, 0.2) is 5.84 Å². The van der Waals surface area contributed by atoms with Gasteiger partial charge < -0.3 is 4.42 Å². The van der Waals surface area contributed by atoms with Crippen LogP contribution in [0.5, 0.6) is 0 Å². The van der Waals surface area contributed by atoms with Crippen LogP contribution in [-0.4, -0.2) is 11.5 Å². The molecule has 0 spiro atoms. The number of fused-ring (bicyclic) bond motifs is 13. The monoisotopic (exact) mass is 888 g/mol. The number of amidine groups is 1. The maximum Gasteiger partial charge on any atom is 0.161 e. The molecule has 4 heteroatoms. The maximum atomic E-state index is 6.93. The van der Waals surface area contributed by atoms with Crippen molar-refractivity contribution in [3.63, 3.8) is 0 Å². The maximum absolute atomic E-state index is 6.93. The van der Waals surface area contributed by atoms with E-state index in [9.17, 15) is 0 Å². The molecule has 12 aromatic rings. The van der Waals surface area contributed by atoms with Crippen molar-refractivity contribution in [1.82, 2.24) is 0 Å². The lowest BCUT2D eigenvalue weighted by Crippen LogP contribution is -2.18. The van der Waals surface area contributed by atoms with Gasteiger partial charge in [0.05, 0.1) is 11.4 Å². The zero-order valence-corrected chi connectivity index (χ0v) is 38.4. The molecule has 0 saturated carbocycles. The fourth-order valence-corrected chi connectivity index (χ4v) is 12.7. The number of allylic oxidation sites excluding steroid dienone is 1. The van der Waals surface area contributed by atoms with E-state index in [2.05, 4.69) is 207 Å². The molecule has 0 fully saturated rings. The molecule has 2 aliphatic rings. The zero-order chi connectivity index (χ0) is 44.9. The highest BCUT2D eigenvalue weighted by Crippen LogP contribution is 2.48. The lowest BCUT2D eigenvalue weighted by Gasteiger charge is -2.23. The first-order chi connectivity index (χ1) is 33.6. The van der Waals surface area contributed by atoms with Gasteiger partial charge in [-0.25, -0.2) is 9.98 Å². The molecule has 0 radical (unpaired) electrons. The highest BCUT2D eigenvalue weighted by atomic mass is 32.1. The summed E-state index contributed by atoms with van der Waals surface area (Å²) in [4.78, 5) is 11.6. The highest BCUT2D eigenvalue weighted by Gasteiger charge is 2.30. The number of nitrogens with zero attached hydrogens (tertiary/aromatic N) is 2. The van der Waals surface area contributed by atoms with Crippen LogP contribution in [0.4, 0.5) is 0 Å². The lowest BCUT2D eigenvalue weighted by molar-refractivity contribution is 0.665. The third kappa shape index (κ3) is 6.24. The molecule has 3 nitrogen and oxygen atoms in total. The minimum atomic E-state index is 0.0428. The van der Waals surface area contributed by atoms with Gasteiger partial charge in [0.25, 0.3) is 0 Å². The molecular weight excluding hydrogens is 845 g/mol. The van der Waals surface area contributed by atoms with Crippen LogP contribution in [0, 0.1) is 5.92 Å². The highest BCUT2D eigenvalue weighted by molar-refractivity contribution is 7.26. The molecule has 0 amide bonds. The number of furan rings is 1. The van der Waals surface area contributed by atoms with E-state index in [0.717, 1.165) is 75.1 Å². The third-order valence-corrected chi connectivity index (χ3v) is 16.0. The molecule has 0 bridgehead atoms. The Bertz CT molecular complexity index is 4160. The van der Waals surface area contributed by atoms with Gasteiger partial charge in [-0.15, -0.1) is 11.3 Å². The molecule has 0 saturated heterocycles. The number of hydrogen-bond acceptors (Lipinski definition) is 4. The summed E-state index contributed by atoms with van der Waals surface area (Å²) in [6, 6.07) is 71.2. The largest absolute Gasteiger partial charge is 0.456 e. The van der Waals surface area contributed by atoms with Gasteiger partial charge >= 0.3 is 0 Å². The number of hydrogen-bond donors (Lipinski definition) is 0. The first kappa shape index (κ1) is 39.3. The van der Waals surface area contributed by atoms with E-state index in [1.54, 1.807) is 0 Å². The Morgan fingerprint density at radius 1 is 0.515 bits per heavy atom. The Kier molecular flexibility index (Phi) is 9.00. The van der Waals surface area contributed by atoms with E-state index in [1.807, 2.05) is 11.3 Å². The standard InChI is InChI=1S/C64H44N2OS/c1-38-28-33-56(48-23-12-18-39-14-4-6-19-45(39)48)65-64(53-25-13-24-51-49-21-9-11-27-59(49)68-63(51)53)66-62(38)55-36-44(37-58-61(55)52-22-8-10-26-57(52)67-58)46-31-30-43-34-41-16-2-3-17-42(41)35-54(43)60-47-20-7-5-15-40(47)29-32-50(46)60/h2-27,29,32-38,46H,28,30-31H2,1H3/b56-33+,65-64-,66-62+. The Morgan fingerprint density at radius 2 is 1.19 bits per heavy atom. The van der Waals surface area contributed by atoms with Gasteiger partial charge in [0.1, 0.15) is 11.2 Å². The summed E-state index contributed by atoms with van der Waals surface area (Å²) in [5.74, 6) is 0.869. The van der Waals surface area contributed by atoms with Crippen LogP contribution in [0.2, 0.25) is 0 Å². The predicted molar refractivity (Wildman–Crippen MR) is 289 cm³/mol. The van der Waals surface area contributed by atoms with Crippen LogP contribution < -0.4 is 0 Å². The van der Waals surface area contributed by atoms with Crippen molar-refractivity contribution in [2.45, 2.75) is 32.1 Å². The first-order valence-electron chi connectivity index (χ1n) is 23.9. The Balaban J connectivity index is 1.03. The van der Waals surface area contributed by atoms with Crippen molar-refractivity contribution in [1.29, 1.82) is 0 Å². The van der Waals surface area contributed by atoms with E-state index in [0.29, 0.717) is 0 Å². The van der Waals surface area contributed by atoms with Crippen molar-refractivity contribution < 1.29 is 4.42 Å². The van der Waals surface area contributed by atoms with Crippen molar-refractivity contribution in [3.8, 4) is 11.1 Å². The molecule has 3 heterocycles. The van der Waals surface area contributed by atoms with E-state index < -0.39 is 0 Å². The van der Waals surface area contributed by atoms with Gasteiger partial charge in [0, 0.05) is 59.5 Å². The molecular formula is C64H44N2OS. The van der Waals surface area contributed by atoms with Gasteiger partial charge in [-0.1, -0.05) is 171 Å². The number of rotatable bonds is 4. The number of benzene rings is 10. The Labute approximate surface area is 398 Å². The van der Waals surface area contributed by atoms with E-state index in [4.69, 9.17) is 14.4 Å². The van der Waals surface area contributed by atoms with Gasteiger partial charge in [-0.2, -0.15) is 0 Å². The minimum absolute atomic E-state index is 0.0428. The second-order valence-electron chi connectivity index (χ2n) is 18.7. The minimum Gasteiger partial charge on any atom is -0.456 e. The Morgan fingerprint density at radius 3 is 2.06 bits per heavy atom. The third-order valence-electron chi connectivity index (χ3n) is 14.8. The van der Waals surface area contributed by atoms with E-state index in [1.165, 1.54) is 80.3 Å². The van der Waals surface area contributed by atoms with Crippen molar-refractivity contribution >= 4 is 103 Å². The number of para-hydroxylation sites is 1. The van der Waals surface area contributed by atoms with Crippen molar-refractivity contribution in [2.75, 3.05) is 0 Å². The topological polar surface area (TPSA) is 37.9 Å². The Hall–Kier alpha value is -7.92. The second-order valence-corrected chi connectivity index (χ2v) is 19.8. The smallest absolute Gasteiger partial charge is 0.161 e. The SMILES string of the molecule is CC1C/C=C(c2cccc3ccccc23)/N=C(c2cccc3c2sc2ccccc23)\N=C/1c1cc(C2CCc3cc4ccccc4cc3-c3c2ccc2ccccc32)cc2oc3ccccc3c12. The van der Waals surface area contributed by atoms with Crippen molar-refractivity contribution in [3.05, 3.63) is 234 Å². The molecule has 2 aromatic heterocycles. The average molecular weight is 889 g/mol. The molecule has 322 valence electrons. The summed E-state index contributed by atoms with van der Waals surface area (Å²) in [6.07, 6.45) is 5.04. The summed E-state index contributed by atoms with van der Waals surface area (Å²) in [7, 11) is 0. The normalized spacial score (nSPS) is 18.7. The van der Waals surface area contributed by atoms with E-state index in [-0.39, 0.29) is 11.8 Å². The lowest BCUT2D eigenvalue weighted by atomic mass is 9.81. The summed E-state index contributed by atoms with van der Waals surface area (Å²) in [5.41, 5.74) is 13.7. The summed E-state index contributed by atoms with van der Waals surface area (Å²) >= 11 is 1.83. The summed E-state index contributed by atoms with van der Waals surface area (Å²) in [6.45, 7) is 2.34. The quantitative estimate of drug-likeness (QED) is 0.173. The fourth-order valence-electron chi connectivity index (χ4n) is 11.5. The van der Waals surface area contributed by atoms with Crippen LogP contribution in [0.15, 0.2) is 215 Å². The number of aryl methyl sites for hydroxylation is 1. The van der Waals surface area contributed by atoms with Crippen LogP contribution in [-0.2, 0) is 6.42 Å². The van der Waals surface area contributed by atoms with Crippen LogP contribution in [0.1, 0.15) is 59.1 Å². The molecule has 10 aromatic carbocycles. The second kappa shape index (κ2) is 15.6. The zero-order valence-electron chi connectivity index (χ0n) is 37.5. The molecule has 68 heavy (non-hydrogen) atoms. The predicted octanol–water partition coefficient (Wildman–Crippen LogP) is 17.5.